The zero-order chi connectivity index (χ0) is 20.0. The minimum Gasteiger partial charge on any atom is -0.376 e. The van der Waals surface area contributed by atoms with Gasteiger partial charge < -0.3 is 9.80 Å². The molecule has 0 saturated heterocycles. The molecule has 2 aromatic rings. The number of nitrogens with zero attached hydrogens (tertiary/aromatic N) is 2. The smallest absolute Gasteiger partial charge is 0.0631 e. The number of likely N-dealkylation sites (N-methyl/N-ethyl adjacent to an activating group) is 1. The normalized spacial score (nSPS) is 10.7. The van der Waals surface area contributed by atoms with Crippen molar-refractivity contribution in [1.82, 2.24) is 0 Å². The van der Waals surface area contributed by atoms with Crippen LogP contribution in [0.25, 0.3) is 5.57 Å². The predicted molar refractivity (Wildman–Crippen MR) is 122 cm³/mol. The molecule has 2 aromatic carbocycles. The van der Waals surface area contributed by atoms with E-state index < -0.39 is 0 Å². The number of anilines is 2. The number of unbranched alkanes of at least 4 members (excludes halogenated alkanes) is 2. The van der Waals surface area contributed by atoms with Crippen LogP contribution in [0.5, 0.6) is 0 Å². The average molecular weight is 385 g/mol. The van der Waals surface area contributed by atoms with E-state index in [4.69, 9.17) is 11.6 Å². The van der Waals surface area contributed by atoms with Crippen molar-refractivity contribution >= 4 is 28.5 Å². The third kappa shape index (κ3) is 5.52. The Morgan fingerprint density at radius 2 is 1.81 bits per heavy atom. The largest absolute Gasteiger partial charge is 0.376 e. The minimum absolute atomic E-state index is 0.738. The van der Waals surface area contributed by atoms with Gasteiger partial charge in [0, 0.05) is 32.7 Å². The lowest BCUT2D eigenvalue weighted by molar-refractivity contribution is 0.716. The summed E-state index contributed by atoms with van der Waals surface area (Å²) < 4.78 is 0. The number of benzene rings is 2. The number of hydrogen-bond acceptors (Lipinski definition) is 2. The van der Waals surface area contributed by atoms with Gasteiger partial charge in [-0.25, -0.2) is 0 Å². The van der Waals surface area contributed by atoms with Crippen LogP contribution < -0.4 is 9.80 Å². The highest BCUT2D eigenvalue weighted by Crippen LogP contribution is 2.34. The molecule has 0 bridgehead atoms. The van der Waals surface area contributed by atoms with E-state index in [1.165, 1.54) is 41.8 Å². The number of hydrogen-bond donors (Lipinski definition) is 0. The van der Waals surface area contributed by atoms with Gasteiger partial charge in [0.25, 0.3) is 0 Å². The third-order valence-corrected chi connectivity index (χ3v) is 5.25. The monoisotopic (exact) mass is 384 g/mol. The van der Waals surface area contributed by atoms with Crippen LogP contribution in [0, 0.1) is 6.92 Å². The van der Waals surface area contributed by atoms with Gasteiger partial charge in [0.2, 0.25) is 0 Å². The van der Waals surface area contributed by atoms with E-state index in [0.717, 1.165) is 29.1 Å². The van der Waals surface area contributed by atoms with Crippen molar-refractivity contribution in [2.45, 2.75) is 39.5 Å². The topological polar surface area (TPSA) is 6.48 Å². The molecular weight excluding hydrogens is 352 g/mol. The molecule has 0 unspecified atom stereocenters. The molecule has 0 atom stereocenters. The second-order valence-electron chi connectivity index (χ2n) is 7.58. The third-order valence-electron chi connectivity index (χ3n) is 4.94. The van der Waals surface area contributed by atoms with Gasteiger partial charge in [-0.2, -0.15) is 0 Å². The van der Waals surface area contributed by atoms with Crippen molar-refractivity contribution in [2.24, 2.45) is 0 Å². The van der Waals surface area contributed by atoms with Gasteiger partial charge in [-0.1, -0.05) is 62.2 Å². The van der Waals surface area contributed by atoms with Crippen molar-refractivity contribution in [3.63, 3.8) is 0 Å². The molecule has 146 valence electrons. The molecule has 0 radical (unpaired) electrons. The highest BCUT2D eigenvalue weighted by atomic mass is 35.5. The summed E-state index contributed by atoms with van der Waals surface area (Å²) in [5.41, 5.74) is 7.18. The molecule has 0 aromatic heterocycles. The molecule has 0 fully saturated rings. The Kier molecular flexibility index (Phi) is 7.79. The summed E-state index contributed by atoms with van der Waals surface area (Å²) in [6.45, 7) is 9.34. The van der Waals surface area contributed by atoms with Gasteiger partial charge in [-0.15, -0.1) is 0 Å². The zero-order valence-electron chi connectivity index (χ0n) is 17.5. The Morgan fingerprint density at radius 3 is 2.44 bits per heavy atom. The fourth-order valence-electron chi connectivity index (χ4n) is 3.53. The van der Waals surface area contributed by atoms with Crippen LogP contribution in [0.15, 0.2) is 43.0 Å². The van der Waals surface area contributed by atoms with Crippen LogP contribution in [0.3, 0.4) is 0 Å². The summed E-state index contributed by atoms with van der Waals surface area (Å²) in [6.07, 6.45) is 4.87. The molecule has 0 amide bonds. The maximum atomic E-state index is 6.44. The van der Waals surface area contributed by atoms with E-state index in [9.17, 15) is 0 Å². The second-order valence-corrected chi connectivity index (χ2v) is 7.99. The number of para-hydroxylation sites is 1. The standard InChI is InChI=1S/C24H33ClN2/c1-7-8-9-11-20-12-10-13-23(24(20)26(4)5)27(6)17-19(3)21-15-14-18(2)16-22(21)25/h10,12-16H,3,7-9,11,17H2,1-2,4-6H3. The first kappa shape index (κ1) is 21.4. The molecule has 0 spiro atoms. The lowest BCUT2D eigenvalue weighted by Gasteiger charge is -2.29. The Balaban J connectivity index is 2.25. The van der Waals surface area contributed by atoms with Gasteiger partial charge in [-0.05, 0) is 54.2 Å². The van der Waals surface area contributed by atoms with E-state index >= 15 is 0 Å². The molecule has 0 saturated carbocycles. The van der Waals surface area contributed by atoms with Gasteiger partial charge in [0.05, 0.1) is 11.4 Å². The number of halogens is 1. The van der Waals surface area contributed by atoms with Crippen LogP contribution in [0.4, 0.5) is 11.4 Å². The number of rotatable bonds is 9. The average Bonchev–Trinajstić information content (AvgIpc) is 2.61. The molecule has 2 rings (SSSR count). The minimum atomic E-state index is 0.738. The van der Waals surface area contributed by atoms with E-state index in [2.05, 4.69) is 81.7 Å². The van der Waals surface area contributed by atoms with Gasteiger partial charge >= 0.3 is 0 Å². The molecule has 0 N–H and O–H groups in total. The summed E-state index contributed by atoms with van der Waals surface area (Å²) >= 11 is 6.44. The molecule has 0 aliphatic rings. The van der Waals surface area contributed by atoms with Gasteiger partial charge in [0.1, 0.15) is 0 Å². The van der Waals surface area contributed by atoms with Crippen molar-refractivity contribution in [3.05, 3.63) is 64.7 Å². The fourth-order valence-corrected chi connectivity index (χ4v) is 3.90. The molecule has 2 nitrogen and oxygen atoms in total. The first-order valence-electron chi connectivity index (χ1n) is 9.79. The summed E-state index contributed by atoms with van der Waals surface area (Å²) in [5.74, 6) is 0. The summed E-state index contributed by atoms with van der Waals surface area (Å²) in [6, 6.07) is 12.8. The Hall–Kier alpha value is -1.93. The van der Waals surface area contributed by atoms with Crippen LogP contribution in [-0.4, -0.2) is 27.7 Å². The summed E-state index contributed by atoms with van der Waals surface area (Å²) in [4.78, 5) is 4.51. The van der Waals surface area contributed by atoms with Crippen LogP contribution >= 0.6 is 11.6 Å². The van der Waals surface area contributed by atoms with Crippen molar-refractivity contribution in [2.75, 3.05) is 37.5 Å². The van der Waals surface area contributed by atoms with Crippen molar-refractivity contribution < 1.29 is 0 Å². The SMILES string of the molecule is C=C(CN(C)c1cccc(CCCCC)c1N(C)C)c1ccc(C)cc1Cl. The summed E-state index contributed by atoms with van der Waals surface area (Å²) in [7, 11) is 6.38. The molecule has 27 heavy (non-hydrogen) atoms. The fraction of sp³-hybridized carbons (Fsp3) is 0.417. The van der Waals surface area contributed by atoms with Crippen LogP contribution in [0.2, 0.25) is 5.02 Å². The Labute approximate surface area is 170 Å². The highest BCUT2D eigenvalue weighted by molar-refractivity contribution is 6.32. The van der Waals surface area contributed by atoms with Crippen molar-refractivity contribution in [1.29, 1.82) is 0 Å². The molecule has 3 heteroatoms. The van der Waals surface area contributed by atoms with E-state index in [1.807, 2.05) is 6.07 Å². The maximum absolute atomic E-state index is 6.44. The molecular formula is C24H33ClN2. The zero-order valence-corrected chi connectivity index (χ0v) is 18.2. The molecule has 0 aliphatic heterocycles. The van der Waals surface area contributed by atoms with Crippen LogP contribution in [0.1, 0.15) is 42.9 Å². The van der Waals surface area contributed by atoms with E-state index in [1.54, 1.807) is 0 Å². The van der Waals surface area contributed by atoms with E-state index in [-0.39, 0.29) is 0 Å². The lowest BCUT2D eigenvalue weighted by Crippen LogP contribution is -2.23. The number of aryl methyl sites for hydroxylation is 2. The molecule has 0 heterocycles. The van der Waals surface area contributed by atoms with Gasteiger partial charge in [-0.3, -0.25) is 0 Å². The van der Waals surface area contributed by atoms with Gasteiger partial charge in [0.15, 0.2) is 0 Å². The molecule has 0 aliphatic carbocycles. The maximum Gasteiger partial charge on any atom is 0.0631 e. The predicted octanol–water partition coefficient (Wildman–Crippen LogP) is 6.60. The quantitative estimate of drug-likeness (QED) is 0.449. The van der Waals surface area contributed by atoms with Crippen molar-refractivity contribution in [3.8, 4) is 0 Å². The first-order valence-corrected chi connectivity index (χ1v) is 10.2. The van der Waals surface area contributed by atoms with E-state index in [0.29, 0.717) is 0 Å². The first-order chi connectivity index (χ1) is 12.8. The highest BCUT2D eigenvalue weighted by Gasteiger charge is 2.15. The Bertz CT molecular complexity index is 780. The van der Waals surface area contributed by atoms with Crippen LogP contribution in [-0.2, 0) is 6.42 Å². The second kappa shape index (κ2) is 9.85. The Morgan fingerprint density at radius 1 is 1.07 bits per heavy atom. The lowest BCUT2D eigenvalue weighted by atomic mass is 10.0. The summed E-state index contributed by atoms with van der Waals surface area (Å²) in [5, 5.41) is 0.773.